The summed E-state index contributed by atoms with van der Waals surface area (Å²) in [6.07, 6.45) is 1.22. The Labute approximate surface area is 132 Å². The molecule has 1 heterocycles. The molecule has 0 bridgehead atoms. The Morgan fingerprint density at radius 3 is 2.95 bits per heavy atom. The topological polar surface area (TPSA) is 58.6 Å². The maximum absolute atomic E-state index is 13.3. The van der Waals surface area contributed by atoms with Gasteiger partial charge in [0.2, 0.25) is 5.91 Å². The molecule has 1 fully saturated rings. The standard InChI is InChI=1S/C15H19F2NO3S/c1-22-7-5-13(19)15(20)18-12-4-6-21-14(12)9-2-3-10(16)11(17)8-9/h2-3,8,12-14,19H,4-7H2,1H3,(H,18,20)/t12-,13?,14+/m1/s1. The van der Waals surface area contributed by atoms with Gasteiger partial charge < -0.3 is 15.2 Å². The lowest BCUT2D eigenvalue weighted by Gasteiger charge is -2.22. The molecule has 0 spiro atoms. The van der Waals surface area contributed by atoms with Crippen LogP contribution in [-0.4, -0.2) is 41.8 Å². The summed E-state index contributed by atoms with van der Waals surface area (Å²) >= 11 is 1.55. The van der Waals surface area contributed by atoms with E-state index in [9.17, 15) is 18.7 Å². The zero-order valence-corrected chi connectivity index (χ0v) is 13.0. The van der Waals surface area contributed by atoms with Gasteiger partial charge in [-0.05, 0) is 42.5 Å². The zero-order chi connectivity index (χ0) is 16.1. The van der Waals surface area contributed by atoms with Crippen molar-refractivity contribution < 1.29 is 23.4 Å². The Morgan fingerprint density at radius 1 is 1.50 bits per heavy atom. The molecule has 4 nitrogen and oxygen atoms in total. The van der Waals surface area contributed by atoms with E-state index in [1.807, 2.05) is 6.26 Å². The first-order valence-corrected chi connectivity index (χ1v) is 8.46. The number of amides is 1. The van der Waals surface area contributed by atoms with Gasteiger partial charge in [0.25, 0.3) is 0 Å². The van der Waals surface area contributed by atoms with E-state index in [2.05, 4.69) is 5.32 Å². The van der Waals surface area contributed by atoms with Gasteiger partial charge in [-0.1, -0.05) is 6.07 Å². The molecule has 1 amide bonds. The highest BCUT2D eigenvalue weighted by molar-refractivity contribution is 7.98. The minimum Gasteiger partial charge on any atom is -0.383 e. The van der Waals surface area contributed by atoms with Crippen LogP contribution < -0.4 is 5.32 Å². The van der Waals surface area contributed by atoms with Gasteiger partial charge in [-0.2, -0.15) is 11.8 Å². The van der Waals surface area contributed by atoms with E-state index in [0.29, 0.717) is 30.8 Å². The number of nitrogens with one attached hydrogen (secondary N) is 1. The molecule has 7 heteroatoms. The van der Waals surface area contributed by atoms with Gasteiger partial charge in [0.05, 0.1) is 6.04 Å². The molecule has 2 rings (SSSR count). The van der Waals surface area contributed by atoms with Crippen LogP contribution in [0, 0.1) is 11.6 Å². The van der Waals surface area contributed by atoms with Gasteiger partial charge in [-0.3, -0.25) is 4.79 Å². The number of halogens is 2. The minimum atomic E-state index is -1.07. The first-order valence-electron chi connectivity index (χ1n) is 7.07. The van der Waals surface area contributed by atoms with Gasteiger partial charge in [-0.25, -0.2) is 8.78 Å². The van der Waals surface area contributed by atoms with Crippen molar-refractivity contribution in [3.63, 3.8) is 0 Å². The van der Waals surface area contributed by atoms with Crippen LogP contribution in [0.5, 0.6) is 0 Å². The average Bonchev–Trinajstić information content (AvgIpc) is 2.95. The molecule has 0 radical (unpaired) electrons. The summed E-state index contributed by atoms with van der Waals surface area (Å²) in [4.78, 5) is 11.9. The second kappa shape index (κ2) is 7.89. The fourth-order valence-electron chi connectivity index (χ4n) is 2.39. The predicted molar refractivity (Wildman–Crippen MR) is 80.6 cm³/mol. The molecule has 1 aliphatic rings. The Hall–Kier alpha value is -1.18. The fraction of sp³-hybridized carbons (Fsp3) is 0.533. The van der Waals surface area contributed by atoms with Crippen LogP contribution in [0.2, 0.25) is 0 Å². The van der Waals surface area contributed by atoms with E-state index in [1.165, 1.54) is 6.07 Å². The van der Waals surface area contributed by atoms with Crippen molar-refractivity contribution in [2.45, 2.75) is 31.1 Å². The molecule has 1 aliphatic heterocycles. The van der Waals surface area contributed by atoms with Crippen LogP contribution >= 0.6 is 11.8 Å². The number of ether oxygens (including phenoxy) is 1. The number of rotatable bonds is 6. The molecule has 0 aromatic heterocycles. The third-order valence-electron chi connectivity index (χ3n) is 3.59. The highest BCUT2D eigenvalue weighted by atomic mass is 32.2. The van der Waals surface area contributed by atoms with Crippen molar-refractivity contribution in [2.24, 2.45) is 0 Å². The molecular weight excluding hydrogens is 312 g/mol. The maximum Gasteiger partial charge on any atom is 0.249 e. The molecule has 1 aromatic carbocycles. The summed E-state index contributed by atoms with van der Waals surface area (Å²) in [5.41, 5.74) is 0.473. The Morgan fingerprint density at radius 2 is 2.27 bits per heavy atom. The van der Waals surface area contributed by atoms with Gasteiger partial charge >= 0.3 is 0 Å². The van der Waals surface area contributed by atoms with Crippen molar-refractivity contribution in [1.29, 1.82) is 0 Å². The summed E-state index contributed by atoms with van der Waals surface area (Å²) in [6.45, 7) is 0.412. The van der Waals surface area contributed by atoms with Gasteiger partial charge in [0.1, 0.15) is 12.2 Å². The molecule has 3 atom stereocenters. The van der Waals surface area contributed by atoms with Crippen LogP contribution in [0.4, 0.5) is 8.78 Å². The number of carbonyl (C=O) groups is 1. The molecule has 1 aromatic rings. The predicted octanol–water partition coefficient (Wildman–Crippen LogP) is 2.02. The van der Waals surface area contributed by atoms with Crippen LogP contribution in [0.15, 0.2) is 18.2 Å². The summed E-state index contributed by atoms with van der Waals surface area (Å²) in [7, 11) is 0. The van der Waals surface area contributed by atoms with E-state index in [4.69, 9.17) is 4.74 Å². The van der Waals surface area contributed by atoms with Crippen LogP contribution in [-0.2, 0) is 9.53 Å². The fourth-order valence-corrected chi connectivity index (χ4v) is 2.85. The minimum absolute atomic E-state index is 0.360. The summed E-state index contributed by atoms with van der Waals surface area (Å²) < 4.78 is 31.8. The lowest BCUT2D eigenvalue weighted by Crippen LogP contribution is -2.42. The maximum atomic E-state index is 13.3. The Balaban J connectivity index is 2.01. The number of benzene rings is 1. The molecular formula is C15H19F2NO3S. The number of aliphatic hydroxyl groups is 1. The number of hydrogen-bond donors (Lipinski definition) is 2. The van der Waals surface area contributed by atoms with E-state index in [0.717, 1.165) is 12.1 Å². The second-order valence-corrected chi connectivity index (χ2v) is 6.15. The highest BCUT2D eigenvalue weighted by Gasteiger charge is 2.32. The van der Waals surface area contributed by atoms with Crippen molar-refractivity contribution >= 4 is 17.7 Å². The molecule has 0 saturated carbocycles. The molecule has 1 saturated heterocycles. The second-order valence-electron chi connectivity index (χ2n) is 5.17. The van der Waals surface area contributed by atoms with E-state index in [-0.39, 0.29) is 6.04 Å². The first-order chi connectivity index (χ1) is 10.5. The quantitative estimate of drug-likeness (QED) is 0.837. The third-order valence-corrected chi connectivity index (χ3v) is 4.23. The van der Waals surface area contributed by atoms with Gasteiger partial charge in [0, 0.05) is 6.61 Å². The molecule has 122 valence electrons. The monoisotopic (exact) mass is 331 g/mol. The first kappa shape index (κ1) is 17.2. The Kier molecular flexibility index (Phi) is 6.16. The average molecular weight is 331 g/mol. The number of carbonyl (C=O) groups excluding carboxylic acids is 1. The summed E-state index contributed by atoms with van der Waals surface area (Å²) in [6, 6.07) is 3.20. The zero-order valence-electron chi connectivity index (χ0n) is 12.2. The number of thioether (sulfide) groups is 1. The van der Waals surface area contributed by atoms with Crippen molar-refractivity contribution in [3.05, 3.63) is 35.4 Å². The van der Waals surface area contributed by atoms with Gasteiger partial charge in [-0.15, -0.1) is 0 Å². The van der Waals surface area contributed by atoms with Crippen LogP contribution in [0.25, 0.3) is 0 Å². The summed E-state index contributed by atoms with van der Waals surface area (Å²) in [5.74, 6) is -1.65. The lowest BCUT2D eigenvalue weighted by atomic mass is 10.0. The number of aliphatic hydroxyl groups excluding tert-OH is 1. The normalized spacial score (nSPS) is 22.5. The Bertz CT molecular complexity index is 530. The van der Waals surface area contributed by atoms with Gasteiger partial charge in [0.15, 0.2) is 11.6 Å². The van der Waals surface area contributed by atoms with E-state index >= 15 is 0 Å². The van der Waals surface area contributed by atoms with E-state index in [1.54, 1.807) is 11.8 Å². The summed E-state index contributed by atoms with van der Waals surface area (Å²) in [5, 5.41) is 12.5. The van der Waals surface area contributed by atoms with E-state index < -0.39 is 29.7 Å². The largest absolute Gasteiger partial charge is 0.383 e. The van der Waals surface area contributed by atoms with Crippen molar-refractivity contribution in [1.82, 2.24) is 5.32 Å². The SMILES string of the molecule is CSCCC(O)C(=O)N[C@@H]1CCO[C@H]1c1ccc(F)c(F)c1. The molecule has 2 N–H and O–H groups in total. The van der Waals surface area contributed by atoms with Crippen molar-refractivity contribution in [2.75, 3.05) is 18.6 Å². The van der Waals surface area contributed by atoms with Crippen molar-refractivity contribution in [3.8, 4) is 0 Å². The lowest BCUT2D eigenvalue weighted by molar-refractivity contribution is -0.130. The van der Waals surface area contributed by atoms with Crippen LogP contribution in [0.1, 0.15) is 24.5 Å². The number of hydrogen-bond acceptors (Lipinski definition) is 4. The highest BCUT2D eigenvalue weighted by Crippen LogP contribution is 2.30. The smallest absolute Gasteiger partial charge is 0.249 e. The van der Waals surface area contributed by atoms with Crippen LogP contribution in [0.3, 0.4) is 0 Å². The molecule has 1 unspecified atom stereocenters. The third kappa shape index (κ3) is 4.18. The molecule has 22 heavy (non-hydrogen) atoms. The molecule has 0 aliphatic carbocycles.